The third-order valence-electron chi connectivity index (χ3n) is 3.52. The van der Waals surface area contributed by atoms with Crippen molar-refractivity contribution in [3.63, 3.8) is 0 Å². The van der Waals surface area contributed by atoms with Crippen LogP contribution in [-0.4, -0.2) is 22.7 Å². The second kappa shape index (κ2) is 7.90. The lowest BCUT2D eigenvalue weighted by Crippen LogP contribution is -2.07. The molecule has 0 spiro atoms. The first-order chi connectivity index (χ1) is 12.9. The van der Waals surface area contributed by atoms with E-state index in [4.69, 9.17) is 9.26 Å². The Morgan fingerprint density at radius 2 is 2.04 bits per heavy atom. The number of carbonyl (C=O) groups is 1. The molecule has 0 unspecified atom stereocenters. The zero-order chi connectivity index (χ0) is 19.4. The second-order valence-electron chi connectivity index (χ2n) is 5.46. The zero-order valence-corrected chi connectivity index (χ0v) is 14.0. The molecule has 0 saturated carbocycles. The van der Waals surface area contributed by atoms with Crippen LogP contribution in [0.3, 0.4) is 0 Å². The molecule has 1 heterocycles. The van der Waals surface area contributed by atoms with Gasteiger partial charge in [0.05, 0.1) is 5.56 Å². The van der Waals surface area contributed by atoms with Crippen molar-refractivity contribution in [3.05, 3.63) is 65.3 Å². The lowest BCUT2D eigenvalue weighted by molar-refractivity contribution is -0.0499. The van der Waals surface area contributed by atoms with E-state index in [0.717, 1.165) is 6.07 Å². The second-order valence-corrected chi connectivity index (χ2v) is 5.46. The van der Waals surface area contributed by atoms with E-state index in [9.17, 15) is 18.0 Å². The minimum absolute atomic E-state index is 0.000631. The van der Waals surface area contributed by atoms with E-state index in [1.54, 1.807) is 19.1 Å². The minimum Gasteiger partial charge on any atom is -0.452 e. The third-order valence-corrected chi connectivity index (χ3v) is 3.52. The Balaban J connectivity index is 1.64. The Morgan fingerprint density at radius 3 is 2.78 bits per heavy atom. The number of carbonyl (C=O) groups excluding carboxylic acids is 1. The van der Waals surface area contributed by atoms with Gasteiger partial charge < -0.3 is 14.0 Å². The number of benzene rings is 2. The van der Waals surface area contributed by atoms with Crippen molar-refractivity contribution in [2.75, 3.05) is 0 Å². The summed E-state index contributed by atoms with van der Waals surface area (Å²) < 4.78 is 52.3. The van der Waals surface area contributed by atoms with Crippen LogP contribution >= 0.6 is 0 Å². The SMILES string of the molecule is Cc1ccc(-c2noc(COC(=O)c3cccc(OC(F)F)c3)n2)cc1F. The topological polar surface area (TPSA) is 74.5 Å². The fourth-order valence-electron chi connectivity index (χ4n) is 2.17. The molecule has 27 heavy (non-hydrogen) atoms. The van der Waals surface area contributed by atoms with Crippen LogP contribution in [0, 0.1) is 12.7 Å². The lowest BCUT2D eigenvalue weighted by atomic mass is 10.1. The summed E-state index contributed by atoms with van der Waals surface area (Å²) in [6.45, 7) is -1.71. The van der Waals surface area contributed by atoms with E-state index in [2.05, 4.69) is 14.9 Å². The van der Waals surface area contributed by atoms with E-state index < -0.39 is 18.4 Å². The monoisotopic (exact) mass is 378 g/mol. The van der Waals surface area contributed by atoms with Gasteiger partial charge >= 0.3 is 12.6 Å². The first-order valence-corrected chi connectivity index (χ1v) is 7.73. The van der Waals surface area contributed by atoms with Gasteiger partial charge in [-0.3, -0.25) is 0 Å². The van der Waals surface area contributed by atoms with Gasteiger partial charge in [0.2, 0.25) is 5.82 Å². The summed E-state index contributed by atoms with van der Waals surface area (Å²) in [5.74, 6) is -1.21. The first-order valence-electron chi connectivity index (χ1n) is 7.73. The number of alkyl halides is 2. The van der Waals surface area contributed by atoms with E-state index in [1.165, 1.54) is 24.3 Å². The highest BCUT2D eigenvalue weighted by molar-refractivity contribution is 5.89. The Labute approximate surface area is 151 Å². The standard InChI is InChI=1S/C18H13F3N2O4/c1-10-5-6-11(8-14(10)19)16-22-15(27-23-16)9-25-17(24)12-3-2-4-13(7-12)26-18(20)21/h2-8,18H,9H2,1H3. The molecule has 0 radical (unpaired) electrons. The fraction of sp³-hybridized carbons (Fsp3) is 0.167. The van der Waals surface area contributed by atoms with Gasteiger partial charge in [0.1, 0.15) is 11.6 Å². The highest BCUT2D eigenvalue weighted by atomic mass is 19.3. The Morgan fingerprint density at radius 1 is 1.22 bits per heavy atom. The summed E-state index contributed by atoms with van der Waals surface area (Å²) >= 11 is 0. The molecule has 0 bridgehead atoms. The average Bonchev–Trinajstić information content (AvgIpc) is 3.10. The van der Waals surface area contributed by atoms with Crippen molar-refractivity contribution in [1.29, 1.82) is 0 Å². The van der Waals surface area contributed by atoms with Gasteiger partial charge in [0.25, 0.3) is 5.89 Å². The molecule has 6 nitrogen and oxygen atoms in total. The molecule has 3 aromatic rings. The third kappa shape index (κ3) is 4.63. The van der Waals surface area contributed by atoms with Crippen molar-refractivity contribution >= 4 is 5.97 Å². The van der Waals surface area contributed by atoms with Gasteiger partial charge in [-0.25, -0.2) is 9.18 Å². The van der Waals surface area contributed by atoms with Crippen LogP contribution < -0.4 is 4.74 Å². The predicted octanol–water partition coefficient (Wildman–Crippen LogP) is 4.14. The van der Waals surface area contributed by atoms with Crippen LogP contribution in [0.15, 0.2) is 47.0 Å². The van der Waals surface area contributed by atoms with Gasteiger partial charge in [0, 0.05) is 5.56 Å². The van der Waals surface area contributed by atoms with Crippen LogP contribution in [0.4, 0.5) is 13.2 Å². The van der Waals surface area contributed by atoms with Crippen LogP contribution in [-0.2, 0) is 11.3 Å². The fourth-order valence-corrected chi connectivity index (χ4v) is 2.17. The Kier molecular flexibility index (Phi) is 5.39. The van der Waals surface area contributed by atoms with E-state index >= 15 is 0 Å². The molecule has 1 aromatic heterocycles. The number of ether oxygens (including phenoxy) is 2. The van der Waals surface area contributed by atoms with Crippen molar-refractivity contribution in [2.24, 2.45) is 0 Å². The first kappa shape index (κ1) is 18.4. The maximum atomic E-state index is 13.6. The Bertz CT molecular complexity index is 959. The molecule has 0 aliphatic rings. The molecule has 140 valence electrons. The number of aromatic nitrogens is 2. The average molecular weight is 378 g/mol. The van der Waals surface area contributed by atoms with Crippen molar-refractivity contribution in [1.82, 2.24) is 10.1 Å². The molecular weight excluding hydrogens is 365 g/mol. The highest BCUT2D eigenvalue weighted by Crippen LogP contribution is 2.20. The maximum absolute atomic E-state index is 13.6. The van der Waals surface area contributed by atoms with Gasteiger partial charge in [-0.2, -0.15) is 13.8 Å². The number of aryl methyl sites for hydroxylation is 1. The van der Waals surface area contributed by atoms with Crippen molar-refractivity contribution in [2.45, 2.75) is 20.1 Å². The summed E-state index contributed by atoms with van der Waals surface area (Å²) in [7, 11) is 0. The van der Waals surface area contributed by atoms with E-state index in [1.807, 2.05) is 0 Å². The molecule has 0 atom stereocenters. The number of nitrogens with zero attached hydrogens (tertiary/aromatic N) is 2. The molecule has 9 heteroatoms. The maximum Gasteiger partial charge on any atom is 0.387 e. The van der Waals surface area contributed by atoms with Crippen LogP contribution in [0.2, 0.25) is 0 Å². The number of rotatable bonds is 6. The van der Waals surface area contributed by atoms with Crippen molar-refractivity contribution in [3.8, 4) is 17.1 Å². The summed E-state index contributed by atoms with van der Waals surface area (Å²) in [5.41, 5.74) is 0.916. The summed E-state index contributed by atoms with van der Waals surface area (Å²) in [6, 6.07) is 9.66. The smallest absolute Gasteiger partial charge is 0.387 e. The van der Waals surface area contributed by atoms with E-state index in [-0.39, 0.29) is 29.6 Å². The molecule has 0 N–H and O–H groups in total. The summed E-state index contributed by atoms with van der Waals surface area (Å²) in [6.07, 6.45) is 0. The molecule has 0 fully saturated rings. The predicted molar refractivity (Wildman–Crippen MR) is 86.6 cm³/mol. The largest absolute Gasteiger partial charge is 0.452 e. The van der Waals surface area contributed by atoms with Gasteiger partial charge in [0.15, 0.2) is 6.61 Å². The highest BCUT2D eigenvalue weighted by Gasteiger charge is 2.14. The van der Waals surface area contributed by atoms with Gasteiger partial charge in [-0.15, -0.1) is 0 Å². The van der Waals surface area contributed by atoms with Crippen LogP contribution in [0.1, 0.15) is 21.8 Å². The molecule has 3 rings (SSSR count). The van der Waals surface area contributed by atoms with Gasteiger partial charge in [-0.1, -0.05) is 23.4 Å². The summed E-state index contributed by atoms with van der Waals surface area (Å²) in [4.78, 5) is 16.0. The number of hydrogen-bond acceptors (Lipinski definition) is 6. The molecule has 0 amide bonds. The van der Waals surface area contributed by atoms with Gasteiger partial charge in [-0.05, 0) is 36.8 Å². The molecular formula is C18H13F3N2O4. The summed E-state index contributed by atoms with van der Waals surface area (Å²) in [5, 5.41) is 3.71. The molecule has 0 aliphatic carbocycles. The zero-order valence-electron chi connectivity index (χ0n) is 14.0. The van der Waals surface area contributed by atoms with Crippen LogP contribution in [0.5, 0.6) is 5.75 Å². The molecule has 2 aromatic carbocycles. The quantitative estimate of drug-likeness (QED) is 0.600. The van der Waals surface area contributed by atoms with E-state index in [0.29, 0.717) is 11.1 Å². The number of esters is 1. The minimum atomic E-state index is -3.00. The number of halogens is 3. The number of hydrogen-bond donors (Lipinski definition) is 0. The van der Waals surface area contributed by atoms with Crippen molar-refractivity contribution < 1.29 is 32.0 Å². The normalized spacial score (nSPS) is 10.9. The lowest BCUT2D eigenvalue weighted by Gasteiger charge is -2.06. The Hall–Kier alpha value is -3.36. The molecule has 0 aliphatic heterocycles. The molecule has 0 saturated heterocycles. The van der Waals surface area contributed by atoms with Crippen LogP contribution in [0.25, 0.3) is 11.4 Å².